The quantitative estimate of drug-likeness (QED) is 0.797. The van der Waals surface area contributed by atoms with E-state index in [0.29, 0.717) is 12.3 Å². The van der Waals surface area contributed by atoms with Gasteiger partial charge in [0.15, 0.2) is 0 Å². The van der Waals surface area contributed by atoms with Gasteiger partial charge in [-0.3, -0.25) is 4.79 Å². The fourth-order valence-corrected chi connectivity index (χ4v) is 2.32. The highest BCUT2D eigenvalue weighted by molar-refractivity contribution is 5.76. The third-order valence-corrected chi connectivity index (χ3v) is 3.65. The first-order chi connectivity index (χ1) is 7.50. The van der Waals surface area contributed by atoms with E-state index in [0.717, 1.165) is 31.3 Å². The number of hydrogen-bond donors (Lipinski definition) is 1. The molecule has 0 bridgehead atoms. The molecule has 0 aromatic rings. The summed E-state index contributed by atoms with van der Waals surface area (Å²) in [7, 11) is 0. The number of piperidine rings is 1. The number of amides is 1. The summed E-state index contributed by atoms with van der Waals surface area (Å²) in [6, 6.07) is 0.136. The highest BCUT2D eigenvalue weighted by atomic mass is 16.2. The number of nitrogens with two attached hydrogens (primary N) is 1. The van der Waals surface area contributed by atoms with Crippen molar-refractivity contribution in [2.75, 3.05) is 13.1 Å². The lowest BCUT2D eigenvalue weighted by atomic mass is 9.86. The Hall–Kier alpha value is -0.570. The van der Waals surface area contributed by atoms with Crippen LogP contribution in [0.25, 0.3) is 0 Å². The number of likely N-dealkylation sites (tertiary alicyclic amines) is 1. The van der Waals surface area contributed by atoms with Crippen molar-refractivity contribution in [1.82, 2.24) is 4.90 Å². The van der Waals surface area contributed by atoms with Crippen molar-refractivity contribution in [3.63, 3.8) is 0 Å². The van der Waals surface area contributed by atoms with Crippen LogP contribution in [0.15, 0.2) is 0 Å². The first kappa shape index (κ1) is 13.5. The van der Waals surface area contributed by atoms with Crippen molar-refractivity contribution >= 4 is 5.91 Å². The zero-order valence-corrected chi connectivity index (χ0v) is 10.9. The highest BCUT2D eigenvalue weighted by Gasteiger charge is 2.24. The van der Waals surface area contributed by atoms with Crippen LogP contribution in [0.1, 0.15) is 46.5 Å². The van der Waals surface area contributed by atoms with Gasteiger partial charge in [0.05, 0.1) is 0 Å². The summed E-state index contributed by atoms with van der Waals surface area (Å²) in [6.07, 6.45) is 3.76. The van der Waals surface area contributed by atoms with Gasteiger partial charge in [-0.2, -0.15) is 0 Å². The van der Waals surface area contributed by atoms with Crippen molar-refractivity contribution in [2.45, 2.75) is 52.5 Å². The Morgan fingerprint density at radius 2 is 1.88 bits per heavy atom. The SMILES string of the molecule is CC(N)CCC(=O)N1CCC(C(C)C)CC1. The molecule has 1 aliphatic rings. The third-order valence-electron chi connectivity index (χ3n) is 3.65. The molecule has 1 saturated heterocycles. The average molecular weight is 226 g/mol. The normalized spacial score (nSPS) is 20.2. The minimum absolute atomic E-state index is 0.136. The molecule has 0 aromatic heterocycles. The molecule has 16 heavy (non-hydrogen) atoms. The van der Waals surface area contributed by atoms with Gasteiger partial charge >= 0.3 is 0 Å². The van der Waals surface area contributed by atoms with Gasteiger partial charge < -0.3 is 10.6 Å². The van der Waals surface area contributed by atoms with E-state index in [1.54, 1.807) is 0 Å². The van der Waals surface area contributed by atoms with Crippen molar-refractivity contribution < 1.29 is 4.79 Å². The van der Waals surface area contributed by atoms with Gasteiger partial charge in [0.1, 0.15) is 0 Å². The van der Waals surface area contributed by atoms with Gasteiger partial charge in [0.2, 0.25) is 5.91 Å². The van der Waals surface area contributed by atoms with Crippen molar-refractivity contribution in [1.29, 1.82) is 0 Å². The summed E-state index contributed by atoms with van der Waals surface area (Å²) in [5, 5.41) is 0. The van der Waals surface area contributed by atoms with Gasteiger partial charge in [0, 0.05) is 25.6 Å². The number of carbonyl (C=O) groups excluding carboxylic acids is 1. The van der Waals surface area contributed by atoms with Crippen LogP contribution in [0.3, 0.4) is 0 Å². The van der Waals surface area contributed by atoms with Crippen molar-refractivity contribution in [3.8, 4) is 0 Å². The molecule has 0 aliphatic carbocycles. The zero-order chi connectivity index (χ0) is 12.1. The van der Waals surface area contributed by atoms with Crippen LogP contribution in [0.4, 0.5) is 0 Å². The monoisotopic (exact) mass is 226 g/mol. The van der Waals surface area contributed by atoms with Gasteiger partial charge in [-0.15, -0.1) is 0 Å². The Morgan fingerprint density at radius 1 is 1.31 bits per heavy atom. The van der Waals surface area contributed by atoms with E-state index in [2.05, 4.69) is 13.8 Å². The molecule has 0 spiro atoms. The minimum Gasteiger partial charge on any atom is -0.343 e. The standard InChI is InChI=1S/C13H26N2O/c1-10(2)12-6-8-15(9-7-12)13(16)5-4-11(3)14/h10-12H,4-9,14H2,1-3H3. The van der Waals surface area contributed by atoms with Crippen LogP contribution in [-0.2, 0) is 4.79 Å². The summed E-state index contributed by atoms with van der Waals surface area (Å²) < 4.78 is 0. The number of rotatable bonds is 4. The lowest BCUT2D eigenvalue weighted by Gasteiger charge is -2.34. The second kappa shape index (κ2) is 6.24. The summed E-state index contributed by atoms with van der Waals surface area (Å²) >= 11 is 0. The predicted molar refractivity (Wildman–Crippen MR) is 67.0 cm³/mol. The average Bonchev–Trinajstić information content (AvgIpc) is 2.26. The summed E-state index contributed by atoms with van der Waals surface area (Å²) in [5.41, 5.74) is 5.66. The second-order valence-corrected chi connectivity index (χ2v) is 5.48. The Morgan fingerprint density at radius 3 is 2.31 bits per heavy atom. The Balaban J connectivity index is 2.27. The van der Waals surface area contributed by atoms with E-state index >= 15 is 0 Å². The number of hydrogen-bond acceptors (Lipinski definition) is 2. The minimum atomic E-state index is 0.136. The molecule has 1 heterocycles. The molecule has 1 amide bonds. The lowest BCUT2D eigenvalue weighted by Crippen LogP contribution is -2.39. The molecule has 0 radical (unpaired) electrons. The highest BCUT2D eigenvalue weighted by Crippen LogP contribution is 2.24. The molecule has 2 N–H and O–H groups in total. The fraction of sp³-hybridized carbons (Fsp3) is 0.923. The topological polar surface area (TPSA) is 46.3 Å². The van der Waals surface area contributed by atoms with Gasteiger partial charge in [-0.25, -0.2) is 0 Å². The van der Waals surface area contributed by atoms with Gasteiger partial charge in [-0.05, 0) is 38.0 Å². The maximum absolute atomic E-state index is 11.8. The molecular formula is C13H26N2O. The molecule has 0 saturated carbocycles. The first-order valence-corrected chi connectivity index (χ1v) is 6.54. The Labute approximate surface area is 99.4 Å². The third kappa shape index (κ3) is 4.12. The lowest BCUT2D eigenvalue weighted by molar-refractivity contribution is -0.133. The van der Waals surface area contributed by atoms with E-state index < -0.39 is 0 Å². The molecule has 94 valence electrons. The molecule has 1 unspecified atom stereocenters. The molecular weight excluding hydrogens is 200 g/mol. The molecule has 1 atom stereocenters. The van der Waals surface area contributed by atoms with E-state index in [-0.39, 0.29) is 6.04 Å². The van der Waals surface area contributed by atoms with Crippen molar-refractivity contribution in [3.05, 3.63) is 0 Å². The molecule has 1 rings (SSSR count). The number of carbonyl (C=O) groups is 1. The van der Waals surface area contributed by atoms with E-state index in [4.69, 9.17) is 5.73 Å². The number of nitrogens with zero attached hydrogens (tertiary/aromatic N) is 1. The van der Waals surface area contributed by atoms with E-state index in [1.807, 2.05) is 11.8 Å². The smallest absolute Gasteiger partial charge is 0.222 e. The maximum Gasteiger partial charge on any atom is 0.222 e. The molecule has 1 aliphatic heterocycles. The molecule has 3 nitrogen and oxygen atoms in total. The Bertz CT molecular complexity index is 218. The van der Waals surface area contributed by atoms with Crippen LogP contribution >= 0.6 is 0 Å². The maximum atomic E-state index is 11.8. The Kier molecular flexibility index (Phi) is 5.26. The first-order valence-electron chi connectivity index (χ1n) is 6.54. The molecule has 3 heteroatoms. The van der Waals surface area contributed by atoms with Crippen LogP contribution < -0.4 is 5.73 Å². The van der Waals surface area contributed by atoms with Crippen LogP contribution in [0.2, 0.25) is 0 Å². The van der Waals surface area contributed by atoms with E-state index in [9.17, 15) is 4.79 Å². The van der Waals surface area contributed by atoms with Crippen molar-refractivity contribution in [2.24, 2.45) is 17.6 Å². The summed E-state index contributed by atoms with van der Waals surface area (Å²) in [6.45, 7) is 8.40. The van der Waals surface area contributed by atoms with Gasteiger partial charge in [0.25, 0.3) is 0 Å². The second-order valence-electron chi connectivity index (χ2n) is 5.48. The summed E-state index contributed by atoms with van der Waals surface area (Å²) in [4.78, 5) is 13.9. The summed E-state index contributed by atoms with van der Waals surface area (Å²) in [5.74, 6) is 1.85. The van der Waals surface area contributed by atoms with Gasteiger partial charge in [-0.1, -0.05) is 13.8 Å². The molecule has 1 fully saturated rings. The van der Waals surface area contributed by atoms with Crippen LogP contribution in [-0.4, -0.2) is 29.9 Å². The largest absolute Gasteiger partial charge is 0.343 e. The predicted octanol–water partition coefficient (Wildman–Crippen LogP) is 2.01. The van der Waals surface area contributed by atoms with Crippen LogP contribution in [0, 0.1) is 11.8 Å². The molecule has 0 aromatic carbocycles. The fourth-order valence-electron chi connectivity index (χ4n) is 2.32. The zero-order valence-electron chi connectivity index (χ0n) is 10.9. The van der Waals surface area contributed by atoms with Crippen LogP contribution in [0.5, 0.6) is 0 Å². The van der Waals surface area contributed by atoms with E-state index in [1.165, 1.54) is 12.8 Å².